The summed E-state index contributed by atoms with van der Waals surface area (Å²) in [5.74, 6) is 0.729. The monoisotopic (exact) mass is 641 g/mol. The number of hydrogen-bond acceptors (Lipinski definition) is 9. The minimum atomic E-state index is -3.96. The van der Waals surface area contributed by atoms with Crippen molar-refractivity contribution in [2.24, 2.45) is 0 Å². The van der Waals surface area contributed by atoms with E-state index in [2.05, 4.69) is 73.6 Å². The molecule has 3 aromatic carbocycles. The molecule has 3 aliphatic carbocycles. The summed E-state index contributed by atoms with van der Waals surface area (Å²) in [6, 6.07) is 24.1. The number of benzene rings is 3. The molecule has 1 aromatic heterocycles. The van der Waals surface area contributed by atoms with Gasteiger partial charge in [0.15, 0.2) is 0 Å². The average molecular weight is 642 g/mol. The van der Waals surface area contributed by atoms with E-state index in [1.807, 2.05) is 0 Å². The third-order valence-corrected chi connectivity index (χ3v) is 11.5. The number of anilines is 1. The number of likely N-dealkylation sites (tertiary alicyclic amines) is 1. The molecule has 1 atom stereocenters. The van der Waals surface area contributed by atoms with Crippen LogP contribution in [-0.4, -0.2) is 61.6 Å². The standard InChI is InChI=1S/C34H35N5O4S2/c35-21-24-19-26(45(40,41)38-33-36-23-37-44-33)11-12-32(24)43-25(22-42-18-17-39-15-5-6-16-39)20-34-14-13-27(28-7-1-3-9-30(28)34)29-8-2-4-10-31(29)34/h1-4,7-12,19,23,25,27H,5-6,13-18,20,22H2,(H,36,37,38). The fraction of sp³-hybridized carbons (Fsp3) is 0.382. The Kier molecular flexibility index (Phi) is 8.31. The normalized spacial score (nSPS) is 21.1. The molecule has 1 fully saturated rings. The third-order valence-electron chi connectivity index (χ3n) is 9.45. The molecule has 11 heteroatoms. The lowest BCUT2D eigenvalue weighted by Gasteiger charge is -2.50. The molecule has 1 saturated heterocycles. The predicted molar refractivity (Wildman–Crippen MR) is 172 cm³/mol. The first-order valence-corrected chi connectivity index (χ1v) is 17.7. The second-order valence-corrected chi connectivity index (χ2v) is 14.5. The molecule has 0 saturated carbocycles. The Morgan fingerprint density at radius 1 is 1.07 bits per heavy atom. The van der Waals surface area contributed by atoms with Crippen molar-refractivity contribution in [2.45, 2.75) is 54.4 Å². The van der Waals surface area contributed by atoms with Gasteiger partial charge in [0, 0.05) is 35.8 Å². The van der Waals surface area contributed by atoms with Crippen LogP contribution in [0.25, 0.3) is 0 Å². The zero-order chi connectivity index (χ0) is 30.9. The van der Waals surface area contributed by atoms with E-state index in [4.69, 9.17) is 9.47 Å². The molecule has 2 heterocycles. The fourth-order valence-corrected chi connectivity index (χ4v) is 9.14. The molecule has 1 N–H and O–H groups in total. The summed E-state index contributed by atoms with van der Waals surface area (Å²) in [6.07, 6.45) is 6.09. The average Bonchev–Trinajstić information content (AvgIpc) is 3.78. The van der Waals surface area contributed by atoms with Crippen LogP contribution in [0.15, 0.2) is 78.0 Å². The fourth-order valence-electron chi connectivity index (χ4n) is 7.45. The first-order valence-electron chi connectivity index (χ1n) is 15.5. The minimum Gasteiger partial charge on any atom is -0.487 e. The molecular formula is C34H35N5O4S2. The number of ether oxygens (including phenoxy) is 2. The van der Waals surface area contributed by atoms with E-state index in [9.17, 15) is 13.7 Å². The maximum atomic E-state index is 13.0. The van der Waals surface area contributed by atoms with Gasteiger partial charge in [-0.05, 0) is 79.2 Å². The van der Waals surface area contributed by atoms with Crippen LogP contribution in [0.3, 0.4) is 0 Å². The molecule has 232 valence electrons. The Hall–Kier alpha value is -3.82. The topological polar surface area (TPSA) is 117 Å². The highest BCUT2D eigenvalue weighted by molar-refractivity contribution is 7.93. The molecule has 0 spiro atoms. The van der Waals surface area contributed by atoms with Gasteiger partial charge in [-0.3, -0.25) is 4.72 Å². The quantitative estimate of drug-likeness (QED) is 0.196. The van der Waals surface area contributed by atoms with Gasteiger partial charge in [-0.1, -0.05) is 48.5 Å². The van der Waals surface area contributed by atoms with Crippen molar-refractivity contribution in [3.63, 3.8) is 0 Å². The molecule has 1 unspecified atom stereocenters. The molecule has 0 radical (unpaired) electrons. The van der Waals surface area contributed by atoms with E-state index in [1.54, 1.807) is 6.07 Å². The van der Waals surface area contributed by atoms with Gasteiger partial charge in [-0.15, -0.1) is 0 Å². The van der Waals surface area contributed by atoms with Crippen LogP contribution in [0.5, 0.6) is 5.75 Å². The van der Waals surface area contributed by atoms with Crippen LogP contribution in [0.1, 0.15) is 65.8 Å². The number of rotatable bonds is 12. The third kappa shape index (κ3) is 5.84. The van der Waals surface area contributed by atoms with E-state index in [0.29, 0.717) is 31.3 Å². The Bertz CT molecular complexity index is 1770. The molecule has 1 aliphatic heterocycles. The van der Waals surface area contributed by atoms with Crippen molar-refractivity contribution in [3.8, 4) is 11.8 Å². The first kappa shape index (κ1) is 29.9. The number of nitrogens with zero attached hydrogens (tertiary/aromatic N) is 4. The zero-order valence-electron chi connectivity index (χ0n) is 24.9. The summed E-state index contributed by atoms with van der Waals surface area (Å²) < 4.78 is 45.3. The molecule has 45 heavy (non-hydrogen) atoms. The second-order valence-electron chi connectivity index (χ2n) is 12.0. The van der Waals surface area contributed by atoms with Gasteiger partial charge >= 0.3 is 0 Å². The summed E-state index contributed by atoms with van der Waals surface area (Å²) in [5, 5.41) is 10.3. The highest BCUT2D eigenvalue weighted by Crippen LogP contribution is 2.58. The molecule has 4 aromatic rings. The van der Waals surface area contributed by atoms with Crippen molar-refractivity contribution in [3.05, 3.63) is 101 Å². The summed E-state index contributed by atoms with van der Waals surface area (Å²) in [6.45, 7) is 4.04. The molecule has 2 bridgehead atoms. The number of hydrogen-bond donors (Lipinski definition) is 1. The van der Waals surface area contributed by atoms with Crippen LogP contribution < -0.4 is 9.46 Å². The predicted octanol–water partition coefficient (Wildman–Crippen LogP) is 5.69. The number of aromatic nitrogens is 2. The van der Waals surface area contributed by atoms with Gasteiger partial charge < -0.3 is 14.4 Å². The second kappa shape index (κ2) is 12.5. The number of sulfonamides is 1. The minimum absolute atomic E-state index is 0.0490. The maximum absolute atomic E-state index is 13.0. The molecule has 0 amide bonds. The largest absolute Gasteiger partial charge is 0.487 e. The van der Waals surface area contributed by atoms with Crippen molar-refractivity contribution in [1.29, 1.82) is 5.26 Å². The summed E-state index contributed by atoms with van der Waals surface area (Å²) in [4.78, 5) is 6.28. The molecule has 9 nitrogen and oxygen atoms in total. The first-order chi connectivity index (χ1) is 22.0. The lowest BCUT2D eigenvalue weighted by atomic mass is 9.53. The Morgan fingerprint density at radius 2 is 1.80 bits per heavy atom. The van der Waals surface area contributed by atoms with Gasteiger partial charge in [0.1, 0.15) is 24.3 Å². The van der Waals surface area contributed by atoms with Crippen molar-refractivity contribution in [2.75, 3.05) is 37.6 Å². The van der Waals surface area contributed by atoms with E-state index in [0.717, 1.165) is 44.0 Å². The highest BCUT2D eigenvalue weighted by Gasteiger charge is 2.49. The molecular weight excluding hydrogens is 607 g/mol. The van der Waals surface area contributed by atoms with Crippen LogP contribution in [-0.2, 0) is 20.2 Å². The summed E-state index contributed by atoms with van der Waals surface area (Å²) in [5.41, 5.74) is 5.33. The van der Waals surface area contributed by atoms with Crippen molar-refractivity contribution in [1.82, 2.24) is 14.3 Å². The Morgan fingerprint density at radius 3 is 2.49 bits per heavy atom. The van der Waals surface area contributed by atoms with E-state index < -0.39 is 10.0 Å². The SMILES string of the molecule is N#Cc1cc(S(=O)(=O)Nc2ncns2)ccc1OC(COCCN1CCCC1)CC12CCC(c3ccccc31)c1ccccc12. The van der Waals surface area contributed by atoms with Gasteiger partial charge in [-0.25, -0.2) is 13.4 Å². The molecule has 8 rings (SSSR count). The summed E-state index contributed by atoms with van der Waals surface area (Å²) in [7, 11) is -3.96. The maximum Gasteiger partial charge on any atom is 0.263 e. The lowest BCUT2D eigenvalue weighted by molar-refractivity contribution is 0.0270. The van der Waals surface area contributed by atoms with Crippen molar-refractivity contribution >= 4 is 26.7 Å². The number of fused-ring (bicyclic) bond motifs is 1. The lowest BCUT2D eigenvalue weighted by Crippen LogP contribution is -2.44. The van der Waals surface area contributed by atoms with Crippen LogP contribution in [0.2, 0.25) is 0 Å². The highest BCUT2D eigenvalue weighted by atomic mass is 32.2. The zero-order valence-corrected chi connectivity index (χ0v) is 26.5. The number of nitriles is 1. The van der Waals surface area contributed by atoms with E-state index in [-0.39, 0.29) is 27.1 Å². The number of nitrogens with one attached hydrogen (secondary N) is 1. The Balaban J connectivity index is 1.19. The molecule has 4 aliphatic rings. The van der Waals surface area contributed by atoms with E-state index >= 15 is 0 Å². The summed E-state index contributed by atoms with van der Waals surface area (Å²) >= 11 is 0.937. The smallest absolute Gasteiger partial charge is 0.263 e. The van der Waals surface area contributed by atoms with Gasteiger partial charge in [-0.2, -0.15) is 9.64 Å². The van der Waals surface area contributed by atoms with Crippen LogP contribution in [0, 0.1) is 11.3 Å². The van der Waals surface area contributed by atoms with E-state index in [1.165, 1.54) is 53.6 Å². The Labute approximate surface area is 268 Å². The van der Waals surface area contributed by atoms with Crippen LogP contribution >= 0.6 is 11.5 Å². The van der Waals surface area contributed by atoms with Gasteiger partial charge in [0.25, 0.3) is 10.0 Å². The van der Waals surface area contributed by atoms with Gasteiger partial charge in [0.05, 0.1) is 23.7 Å². The van der Waals surface area contributed by atoms with Crippen LogP contribution in [0.4, 0.5) is 5.13 Å². The van der Waals surface area contributed by atoms with Crippen molar-refractivity contribution < 1.29 is 17.9 Å². The van der Waals surface area contributed by atoms with Gasteiger partial charge in [0.2, 0.25) is 5.13 Å².